The van der Waals surface area contributed by atoms with Crippen LogP contribution in [0, 0.1) is 0 Å². The van der Waals surface area contributed by atoms with Gasteiger partial charge in [0.2, 0.25) is 0 Å². The van der Waals surface area contributed by atoms with Crippen molar-refractivity contribution in [2.24, 2.45) is 0 Å². The molecule has 3 aromatic rings. The van der Waals surface area contributed by atoms with Gasteiger partial charge < -0.3 is 19.8 Å². The molecule has 4 rings (SSSR count). The lowest BCUT2D eigenvalue weighted by molar-refractivity contribution is -0.118. The van der Waals surface area contributed by atoms with Crippen LogP contribution in [-0.4, -0.2) is 35.7 Å². The topological polar surface area (TPSA) is 76.2 Å². The summed E-state index contributed by atoms with van der Waals surface area (Å²) in [5.41, 5.74) is 2.92. The summed E-state index contributed by atoms with van der Waals surface area (Å²) in [6.07, 6.45) is 7.33. The molecule has 0 aliphatic carbocycles. The first kappa shape index (κ1) is 16.6. The summed E-state index contributed by atoms with van der Waals surface area (Å²) in [5.74, 6) is 0.969. The van der Waals surface area contributed by atoms with E-state index in [1.807, 2.05) is 18.2 Å². The van der Waals surface area contributed by atoms with E-state index < -0.39 is 0 Å². The van der Waals surface area contributed by atoms with Crippen molar-refractivity contribution in [3.8, 4) is 5.75 Å². The molecule has 0 bridgehead atoms. The zero-order valence-corrected chi connectivity index (χ0v) is 14.4. The number of fused-ring (bicyclic) bond motifs is 1. The molecule has 6 nitrogen and oxygen atoms in total. The molecule has 1 fully saturated rings. The molecule has 1 saturated heterocycles. The average molecular weight is 351 g/mol. The number of benzene rings is 1. The van der Waals surface area contributed by atoms with E-state index in [1.165, 1.54) is 5.56 Å². The highest BCUT2D eigenvalue weighted by Crippen LogP contribution is 2.37. The summed E-state index contributed by atoms with van der Waals surface area (Å²) in [5, 5.41) is 3.84. The zero-order chi connectivity index (χ0) is 17.8. The number of nitrogens with zero attached hydrogens (tertiary/aromatic N) is 1. The van der Waals surface area contributed by atoms with E-state index in [4.69, 9.17) is 9.47 Å². The van der Waals surface area contributed by atoms with Crippen molar-refractivity contribution in [3.05, 3.63) is 54.5 Å². The van der Waals surface area contributed by atoms with Crippen molar-refractivity contribution in [1.82, 2.24) is 9.97 Å². The molecule has 3 heterocycles. The molecule has 0 saturated carbocycles. The standard InChI is InChI=1S/C20H21N3O3/c24-19(23-15-3-2-8-21-11-15)13-26-18-5-1-4-17-20(18)16(12-22-17)14-6-9-25-10-7-14/h1-5,8,11-12,14,22H,6-7,9-10,13H2,(H,23,24). The van der Waals surface area contributed by atoms with Gasteiger partial charge in [0, 0.05) is 36.5 Å². The number of pyridine rings is 1. The summed E-state index contributed by atoms with van der Waals surface area (Å²) in [6.45, 7) is 1.52. The van der Waals surface area contributed by atoms with Gasteiger partial charge in [0.15, 0.2) is 6.61 Å². The fraction of sp³-hybridized carbons (Fsp3) is 0.300. The summed E-state index contributed by atoms with van der Waals surface area (Å²) < 4.78 is 11.3. The van der Waals surface area contributed by atoms with Gasteiger partial charge in [-0.2, -0.15) is 0 Å². The minimum absolute atomic E-state index is 0.0492. The zero-order valence-electron chi connectivity index (χ0n) is 14.4. The van der Waals surface area contributed by atoms with Crippen LogP contribution in [-0.2, 0) is 9.53 Å². The maximum absolute atomic E-state index is 12.2. The second kappa shape index (κ2) is 7.58. The number of ether oxygens (including phenoxy) is 2. The number of hydrogen-bond acceptors (Lipinski definition) is 4. The first-order valence-corrected chi connectivity index (χ1v) is 8.81. The molecular formula is C20H21N3O3. The van der Waals surface area contributed by atoms with Crippen LogP contribution in [0.4, 0.5) is 5.69 Å². The average Bonchev–Trinajstić information content (AvgIpc) is 3.13. The van der Waals surface area contributed by atoms with Gasteiger partial charge >= 0.3 is 0 Å². The molecule has 6 heteroatoms. The predicted octanol–water partition coefficient (Wildman–Crippen LogP) is 3.47. The van der Waals surface area contributed by atoms with Crippen molar-refractivity contribution in [2.45, 2.75) is 18.8 Å². The second-order valence-electron chi connectivity index (χ2n) is 6.39. The summed E-state index contributed by atoms with van der Waals surface area (Å²) >= 11 is 0. The second-order valence-corrected chi connectivity index (χ2v) is 6.39. The third kappa shape index (κ3) is 3.55. The van der Waals surface area contributed by atoms with Gasteiger partial charge in [0.1, 0.15) is 5.75 Å². The smallest absolute Gasteiger partial charge is 0.262 e. The Morgan fingerprint density at radius 3 is 2.96 bits per heavy atom. The number of rotatable bonds is 5. The van der Waals surface area contributed by atoms with E-state index in [0.717, 1.165) is 42.7 Å². The number of H-pyrrole nitrogens is 1. The quantitative estimate of drug-likeness (QED) is 0.738. The van der Waals surface area contributed by atoms with Gasteiger partial charge in [0.25, 0.3) is 5.91 Å². The molecule has 0 radical (unpaired) electrons. The minimum atomic E-state index is -0.210. The number of hydrogen-bond donors (Lipinski definition) is 2. The van der Waals surface area contributed by atoms with E-state index in [9.17, 15) is 4.79 Å². The lowest BCUT2D eigenvalue weighted by Crippen LogP contribution is -2.20. The van der Waals surface area contributed by atoms with Crippen LogP contribution >= 0.6 is 0 Å². The molecule has 1 aliphatic rings. The van der Waals surface area contributed by atoms with E-state index in [-0.39, 0.29) is 12.5 Å². The van der Waals surface area contributed by atoms with Crippen LogP contribution in [0.5, 0.6) is 5.75 Å². The van der Waals surface area contributed by atoms with Crippen LogP contribution in [0.25, 0.3) is 10.9 Å². The Bertz CT molecular complexity index is 886. The highest BCUT2D eigenvalue weighted by Gasteiger charge is 2.21. The molecule has 134 valence electrons. The normalized spacial score (nSPS) is 15.1. The fourth-order valence-corrected chi connectivity index (χ4v) is 3.40. The third-order valence-corrected chi connectivity index (χ3v) is 4.66. The summed E-state index contributed by atoms with van der Waals surface area (Å²) in [7, 11) is 0. The van der Waals surface area contributed by atoms with Crippen molar-refractivity contribution in [3.63, 3.8) is 0 Å². The Labute approximate surface area is 151 Å². The maximum atomic E-state index is 12.2. The minimum Gasteiger partial charge on any atom is -0.483 e. The van der Waals surface area contributed by atoms with Crippen LogP contribution in [0.1, 0.15) is 24.3 Å². The fourth-order valence-electron chi connectivity index (χ4n) is 3.40. The molecule has 26 heavy (non-hydrogen) atoms. The molecule has 1 aliphatic heterocycles. The summed E-state index contributed by atoms with van der Waals surface area (Å²) in [4.78, 5) is 19.5. The number of anilines is 1. The Morgan fingerprint density at radius 2 is 2.15 bits per heavy atom. The SMILES string of the molecule is O=C(COc1cccc2[nH]cc(C3CCOCC3)c12)Nc1cccnc1. The number of nitrogens with one attached hydrogen (secondary N) is 2. The van der Waals surface area contributed by atoms with E-state index in [0.29, 0.717) is 11.6 Å². The number of carbonyl (C=O) groups is 1. The van der Waals surface area contributed by atoms with Crippen molar-refractivity contribution < 1.29 is 14.3 Å². The van der Waals surface area contributed by atoms with Gasteiger partial charge in [-0.1, -0.05) is 6.07 Å². The molecule has 1 amide bonds. The molecule has 0 atom stereocenters. The molecule has 0 spiro atoms. The maximum Gasteiger partial charge on any atom is 0.262 e. The Morgan fingerprint density at radius 1 is 1.27 bits per heavy atom. The predicted molar refractivity (Wildman–Crippen MR) is 99.5 cm³/mol. The molecule has 1 aromatic carbocycles. The highest BCUT2D eigenvalue weighted by molar-refractivity contribution is 5.93. The van der Waals surface area contributed by atoms with Gasteiger partial charge in [-0.3, -0.25) is 9.78 Å². The first-order valence-electron chi connectivity index (χ1n) is 8.81. The number of carbonyl (C=O) groups excluding carboxylic acids is 1. The molecule has 0 unspecified atom stereocenters. The lowest BCUT2D eigenvalue weighted by atomic mass is 9.91. The highest BCUT2D eigenvalue weighted by atomic mass is 16.5. The largest absolute Gasteiger partial charge is 0.483 e. The number of aromatic nitrogens is 2. The van der Waals surface area contributed by atoms with Crippen LogP contribution in [0.2, 0.25) is 0 Å². The number of aromatic amines is 1. The molecular weight excluding hydrogens is 330 g/mol. The van der Waals surface area contributed by atoms with Crippen LogP contribution in [0.15, 0.2) is 48.9 Å². The van der Waals surface area contributed by atoms with E-state index >= 15 is 0 Å². The Balaban J connectivity index is 1.51. The van der Waals surface area contributed by atoms with Gasteiger partial charge in [0.05, 0.1) is 11.9 Å². The van der Waals surface area contributed by atoms with Gasteiger partial charge in [-0.05, 0) is 48.6 Å². The van der Waals surface area contributed by atoms with Crippen LogP contribution in [0.3, 0.4) is 0 Å². The third-order valence-electron chi connectivity index (χ3n) is 4.66. The first-order chi connectivity index (χ1) is 12.8. The Hall–Kier alpha value is -2.86. The summed E-state index contributed by atoms with van der Waals surface area (Å²) in [6, 6.07) is 9.44. The Kier molecular flexibility index (Phi) is 4.84. The van der Waals surface area contributed by atoms with Gasteiger partial charge in [-0.25, -0.2) is 0 Å². The monoisotopic (exact) mass is 351 g/mol. The van der Waals surface area contributed by atoms with E-state index in [1.54, 1.807) is 24.5 Å². The van der Waals surface area contributed by atoms with Crippen LogP contribution < -0.4 is 10.1 Å². The number of amides is 1. The lowest BCUT2D eigenvalue weighted by Gasteiger charge is -2.22. The molecule has 2 aromatic heterocycles. The van der Waals surface area contributed by atoms with Crippen molar-refractivity contribution in [1.29, 1.82) is 0 Å². The van der Waals surface area contributed by atoms with Crippen molar-refractivity contribution in [2.75, 3.05) is 25.1 Å². The molecule has 2 N–H and O–H groups in total. The van der Waals surface area contributed by atoms with Crippen molar-refractivity contribution >= 4 is 22.5 Å². The van der Waals surface area contributed by atoms with Gasteiger partial charge in [-0.15, -0.1) is 0 Å². The van der Waals surface area contributed by atoms with E-state index in [2.05, 4.69) is 21.5 Å².